The van der Waals surface area contributed by atoms with Gasteiger partial charge < -0.3 is 16.0 Å². The van der Waals surface area contributed by atoms with Crippen LogP contribution in [0.1, 0.15) is 49.4 Å². The molecule has 1 saturated heterocycles. The van der Waals surface area contributed by atoms with Gasteiger partial charge in [-0.15, -0.1) is 0 Å². The summed E-state index contributed by atoms with van der Waals surface area (Å²) in [5.74, 6) is -1.88. The van der Waals surface area contributed by atoms with E-state index in [1.54, 1.807) is 0 Å². The van der Waals surface area contributed by atoms with E-state index in [4.69, 9.17) is 5.73 Å². The van der Waals surface area contributed by atoms with Crippen LogP contribution in [0.25, 0.3) is 11.1 Å². The first-order chi connectivity index (χ1) is 14.7. The van der Waals surface area contributed by atoms with E-state index in [-0.39, 0.29) is 11.1 Å². The number of carbonyl (C=O) groups excluding carboxylic acids is 1. The van der Waals surface area contributed by atoms with Crippen molar-refractivity contribution in [2.24, 2.45) is 5.73 Å². The topological polar surface area (TPSA) is 71.2 Å². The minimum absolute atomic E-state index is 0.248. The quantitative estimate of drug-likeness (QED) is 0.767. The summed E-state index contributed by atoms with van der Waals surface area (Å²) in [4.78, 5) is 19.3. The highest BCUT2D eigenvalue weighted by Crippen LogP contribution is 2.37. The van der Waals surface area contributed by atoms with Crippen molar-refractivity contribution in [1.29, 1.82) is 0 Å². The third-order valence-electron chi connectivity index (χ3n) is 6.15. The van der Waals surface area contributed by atoms with Crippen LogP contribution in [-0.4, -0.2) is 41.7 Å². The molecule has 1 amide bonds. The smallest absolute Gasteiger partial charge is 0.255 e. The number of halogens is 3. The minimum Gasteiger partial charge on any atom is -0.368 e. The monoisotopic (exact) mass is 432 g/mol. The second-order valence-electron chi connectivity index (χ2n) is 8.95. The number of nitrogens with one attached hydrogen (secondary N) is 1. The normalized spacial score (nSPS) is 26.2. The van der Waals surface area contributed by atoms with Crippen molar-refractivity contribution in [3.05, 3.63) is 47.8 Å². The van der Waals surface area contributed by atoms with Gasteiger partial charge in [0.15, 0.2) is 0 Å². The van der Waals surface area contributed by atoms with Gasteiger partial charge in [-0.3, -0.25) is 9.78 Å². The Bertz CT molecular complexity index is 961. The van der Waals surface area contributed by atoms with E-state index >= 15 is 0 Å². The molecule has 1 aromatic carbocycles. The number of rotatable bonds is 4. The zero-order valence-electron chi connectivity index (χ0n) is 17.5. The average molecular weight is 432 g/mol. The number of aromatic nitrogens is 1. The fourth-order valence-electron chi connectivity index (χ4n) is 4.55. The molecule has 1 aliphatic heterocycles. The van der Waals surface area contributed by atoms with Crippen LogP contribution in [0, 0.1) is 11.6 Å². The summed E-state index contributed by atoms with van der Waals surface area (Å²) in [6, 6.07) is 2.66. The van der Waals surface area contributed by atoms with Gasteiger partial charge >= 0.3 is 0 Å². The number of alkyl halides is 1. The van der Waals surface area contributed by atoms with E-state index in [1.165, 1.54) is 24.5 Å². The van der Waals surface area contributed by atoms with Gasteiger partial charge in [-0.25, -0.2) is 13.2 Å². The molecular weight excluding hydrogens is 405 g/mol. The van der Waals surface area contributed by atoms with Crippen LogP contribution in [0.2, 0.25) is 0 Å². The molecule has 4 rings (SSSR count). The molecule has 166 valence electrons. The molecule has 0 bridgehead atoms. The number of nitrogens with two attached hydrogens (primary N) is 1. The van der Waals surface area contributed by atoms with Gasteiger partial charge in [-0.05, 0) is 43.9 Å². The SMILES string of the molecule is C[C@]1(N)CCN(c2c(C(=O)N[C@H]3CCCC[C@H]3F)cncc2-c2cc(F)cc(F)c2)C1. The van der Waals surface area contributed by atoms with E-state index in [9.17, 15) is 18.0 Å². The predicted octanol–water partition coefficient (Wildman–Crippen LogP) is 3.96. The van der Waals surface area contributed by atoms with Gasteiger partial charge in [-0.2, -0.15) is 0 Å². The first kappa shape index (κ1) is 21.6. The van der Waals surface area contributed by atoms with Crippen LogP contribution in [0.5, 0.6) is 0 Å². The van der Waals surface area contributed by atoms with Crippen LogP contribution in [-0.2, 0) is 0 Å². The maximum absolute atomic E-state index is 14.3. The zero-order chi connectivity index (χ0) is 22.2. The lowest BCUT2D eigenvalue weighted by Crippen LogP contribution is -2.44. The third-order valence-corrected chi connectivity index (χ3v) is 6.15. The fraction of sp³-hybridized carbons (Fsp3) is 0.478. The number of nitrogens with zero attached hydrogens (tertiary/aromatic N) is 2. The largest absolute Gasteiger partial charge is 0.368 e. The zero-order valence-corrected chi connectivity index (χ0v) is 17.5. The molecule has 31 heavy (non-hydrogen) atoms. The molecule has 2 fully saturated rings. The van der Waals surface area contributed by atoms with Crippen molar-refractivity contribution in [2.45, 2.75) is 56.8 Å². The Balaban J connectivity index is 1.76. The van der Waals surface area contributed by atoms with E-state index in [0.717, 1.165) is 18.9 Å². The number of hydrogen-bond acceptors (Lipinski definition) is 4. The Morgan fingerprint density at radius 2 is 1.90 bits per heavy atom. The summed E-state index contributed by atoms with van der Waals surface area (Å²) in [5.41, 5.74) is 7.32. The number of amides is 1. The first-order valence-corrected chi connectivity index (χ1v) is 10.7. The minimum atomic E-state index is -1.09. The molecule has 5 nitrogen and oxygen atoms in total. The molecule has 2 aromatic rings. The molecule has 1 saturated carbocycles. The van der Waals surface area contributed by atoms with E-state index < -0.39 is 35.3 Å². The number of carbonyl (C=O) groups is 1. The molecule has 3 atom stereocenters. The van der Waals surface area contributed by atoms with E-state index in [0.29, 0.717) is 43.6 Å². The van der Waals surface area contributed by atoms with Crippen LogP contribution in [0.15, 0.2) is 30.6 Å². The highest BCUT2D eigenvalue weighted by Gasteiger charge is 2.34. The predicted molar refractivity (Wildman–Crippen MR) is 114 cm³/mol. The van der Waals surface area contributed by atoms with E-state index in [2.05, 4.69) is 10.3 Å². The summed E-state index contributed by atoms with van der Waals surface area (Å²) in [7, 11) is 0. The Hall–Kier alpha value is -2.61. The van der Waals surface area contributed by atoms with Gasteiger partial charge in [0.1, 0.15) is 17.8 Å². The van der Waals surface area contributed by atoms with Crippen molar-refractivity contribution in [1.82, 2.24) is 10.3 Å². The first-order valence-electron chi connectivity index (χ1n) is 10.7. The maximum Gasteiger partial charge on any atom is 0.255 e. The summed E-state index contributed by atoms with van der Waals surface area (Å²) in [6.07, 6.45) is 5.19. The molecular formula is C23H27F3N4O. The van der Waals surface area contributed by atoms with Gasteiger partial charge in [0.25, 0.3) is 5.91 Å². The number of benzene rings is 1. The number of pyridine rings is 1. The van der Waals surface area contributed by atoms with Gasteiger partial charge in [0, 0.05) is 42.7 Å². The lowest BCUT2D eigenvalue weighted by Gasteiger charge is -2.29. The van der Waals surface area contributed by atoms with Crippen molar-refractivity contribution in [2.75, 3.05) is 18.0 Å². The van der Waals surface area contributed by atoms with Crippen molar-refractivity contribution in [3.8, 4) is 11.1 Å². The van der Waals surface area contributed by atoms with Gasteiger partial charge in [0.2, 0.25) is 0 Å². The van der Waals surface area contributed by atoms with Crippen molar-refractivity contribution < 1.29 is 18.0 Å². The summed E-state index contributed by atoms with van der Waals surface area (Å²) in [6.45, 7) is 2.97. The Kier molecular flexibility index (Phi) is 5.92. The van der Waals surface area contributed by atoms with Crippen LogP contribution in [0.4, 0.5) is 18.9 Å². The summed E-state index contributed by atoms with van der Waals surface area (Å²) >= 11 is 0. The van der Waals surface area contributed by atoms with Crippen molar-refractivity contribution in [3.63, 3.8) is 0 Å². The van der Waals surface area contributed by atoms with E-state index in [1.807, 2.05) is 11.8 Å². The van der Waals surface area contributed by atoms with Crippen molar-refractivity contribution >= 4 is 11.6 Å². The third kappa shape index (κ3) is 4.69. The Morgan fingerprint density at radius 3 is 2.55 bits per heavy atom. The number of hydrogen-bond donors (Lipinski definition) is 2. The molecule has 0 radical (unpaired) electrons. The standard InChI is InChI=1S/C23H27F3N4O/c1-23(27)6-7-30(13-23)21-17(14-8-15(24)10-16(25)9-14)11-28-12-18(21)22(31)29-20-5-3-2-4-19(20)26/h8-12,19-20H,2-7,13,27H2,1H3,(H,29,31)/t19-,20+,23+/m1/s1. The molecule has 1 aromatic heterocycles. The molecule has 0 spiro atoms. The highest BCUT2D eigenvalue weighted by atomic mass is 19.1. The molecule has 1 aliphatic carbocycles. The average Bonchev–Trinajstić information content (AvgIpc) is 3.08. The van der Waals surface area contributed by atoms with Crippen LogP contribution in [0.3, 0.4) is 0 Å². The second kappa shape index (κ2) is 8.49. The molecule has 2 heterocycles. The summed E-state index contributed by atoms with van der Waals surface area (Å²) < 4.78 is 42.2. The maximum atomic E-state index is 14.3. The van der Waals surface area contributed by atoms with Crippen LogP contribution < -0.4 is 16.0 Å². The summed E-state index contributed by atoms with van der Waals surface area (Å²) in [5, 5.41) is 2.81. The fourth-order valence-corrected chi connectivity index (χ4v) is 4.55. The lowest BCUT2D eigenvalue weighted by atomic mass is 9.93. The van der Waals surface area contributed by atoms with Gasteiger partial charge in [0.05, 0.1) is 17.3 Å². The molecule has 8 heteroatoms. The van der Waals surface area contributed by atoms with Gasteiger partial charge in [-0.1, -0.05) is 12.8 Å². The molecule has 0 unspecified atom stereocenters. The Labute approximate surface area is 179 Å². The lowest BCUT2D eigenvalue weighted by molar-refractivity contribution is 0.0884. The molecule has 2 aliphatic rings. The number of anilines is 1. The van der Waals surface area contributed by atoms with Crippen LogP contribution >= 0.6 is 0 Å². The Morgan fingerprint density at radius 1 is 1.19 bits per heavy atom. The molecule has 3 N–H and O–H groups in total. The second-order valence-corrected chi connectivity index (χ2v) is 8.95. The highest BCUT2D eigenvalue weighted by molar-refractivity contribution is 6.03.